The van der Waals surface area contributed by atoms with Crippen molar-refractivity contribution in [2.24, 2.45) is 0 Å². The molecule has 3 heteroatoms. The zero-order valence-corrected chi connectivity index (χ0v) is 14.4. The molecule has 2 aromatic carbocycles. The van der Waals surface area contributed by atoms with Crippen molar-refractivity contribution in [3.05, 3.63) is 63.1 Å². The van der Waals surface area contributed by atoms with Gasteiger partial charge in [0.25, 0.3) is 0 Å². The van der Waals surface area contributed by atoms with Gasteiger partial charge in [-0.05, 0) is 43.2 Å². The van der Waals surface area contributed by atoms with E-state index >= 15 is 0 Å². The van der Waals surface area contributed by atoms with Crippen LogP contribution in [0.2, 0.25) is 0 Å². The van der Waals surface area contributed by atoms with Crippen LogP contribution in [0.1, 0.15) is 27.1 Å². The van der Waals surface area contributed by atoms with Crippen molar-refractivity contribution in [3.63, 3.8) is 0 Å². The second kappa shape index (κ2) is 6.10. The number of hydrogen-bond donors (Lipinski definition) is 0. The molecule has 0 N–H and O–H groups in total. The lowest BCUT2D eigenvalue weighted by atomic mass is 10.0. The Balaban J connectivity index is 2.48. The van der Waals surface area contributed by atoms with Crippen LogP contribution in [-0.4, -0.2) is 7.11 Å². The number of aryl methyl sites for hydroxylation is 2. The summed E-state index contributed by atoms with van der Waals surface area (Å²) in [4.78, 5) is 0.124. The fourth-order valence-electron chi connectivity index (χ4n) is 2.14. The van der Waals surface area contributed by atoms with Gasteiger partial charge in [0.05, 0.1) is 11.9 Å². The van der Waals surface area contributed by atoms with Crippen LogP contribution in [0.25, 0.3) is 0 Å². The predicted molar refractivity (Wildman–Crippen MR) is 87.4 cm³/mol. The van der Waals surface area contributed by atoms with Crippen LogP contribution in [0.15, 0.2) is 40.9 Å². The summed E-state index contributed by atoms with van der Waals surface area (Å²) in [6, 6.07) is 12.7. The Morgan fingerprint density at radius 1 is 1.00 bits per heavy atom. The summed E-state index contributed by atoms with van der Waals surface area (Å²) in [5, 5.41) is 0. The van der Waals surface area contributed by atoms with E-state index in [-0.39, 0.29) is 4.83 Å². The molecule has 0 aliphatic carbocycles. The molecule has 0 aromatic heterocycles. The first-order valence-electron chi connectivity index (χ1n) is 6.07. The minimum Gasteiger partial charge on any atom is -0.496 e. The Hall–Kier alpha value is -0.800. The van der Waals surface area contributed by atoms with Gasteiger partial charge in [0.2, 0.25) is 0 Å². The Morgan fingerprint density at radius 3 is 2.37 bits per heavy atom. The predicted octanol–water partition coefficient (Wildman–Crippen LogP) is 5.56. The summed E-state index contributed by atoms with van der Waals surface area (Å²) in [5.74, 6) is 0.908. The zero-order valence-electron chi connectivity index (χ0n) is 11.2. The van der Waals surface area contributed by atoms with E-state index in [9.17, 15) is 0 Å². The smallest absolute Gasteiger partial charge is 0.123 e. The average molecular weight is 384 g/mol. The van der Waals surface area contributed by atoms with Gasteiger partial charge in [0.15, 0.2) is 0 Å². The van der Waals surface area contributed by atoms with Gasteiger partial charge < -0.3 is 4.74 Å². The van der Waals surface area contributed by atoms with Crippen molar-refractivity contribution >= 4 is 31.9 Å². The molecule has 2 rings (SSSR count). The van der Waals surface area contributed by atoms with Gasteiger partial charge in [-0.2, -0.15) is 0 Å². The van der Waals surface area contributed by atoms with E-state index in [1.54, 1.807) is 7.11 Å². The van der Waals surface area contributed by atoms with Gasteiger partial charge >= 0.3 is 0 Å². The number of hydrogen-bond acceptors (Lipinski definition) is 1. The van der Waals surface area contributed by atoms with Crippen molar-refractivity contribution < 1.29 is 4.74 Å². The molecular formula is C16H16Br2O. The van der Waals surface area contributed by atoms with Crippen LogP contribution in [-0.2, 0) is 0 Å². The molecule has 0 bridgehead atoms. The Bertz CT molecular complexity index is 573. The van der Waals surface area contributed by atoms with Crippen molar-refractivity contribution in [1.82, 2.24) is 0 Å². The lowest BCUT2D eigenvalue weighted by Gasteiger charge is -2.16. The number of methoxy groups -OCH3 is 1. The van der Waals surface area contributed by atoms with Crippen molar-refractivity contribution in [1.29, 1.82) is 0 Å². The molecule has 100 valence electrons. The standard InChI is InChI=1S/C16H16Br2O/c1-10-4-5-15(19-3)14(8-10)16(18)12-6-11(2)7-13(17)9-12/h4-9,16H,1-3H3. The molecule has 2 aromatic rings. The van der Waals surface area contributed by atoms with E-state index < -0.39 is 0 Å². The molecule has 0 heterocycles. The Morgan fingerprint density at radius 2 is 1.74 bits per heavy atom. The summed E-state index contributed by atoms with van der Waals surface area (Å²) in [7, 11) is 1.71. The number of ether oxygens (including phenoxy) is 1. The molecule has 0 radical (unpaired) electrons. The molecule has 0 aliphatic rings. The fraction of sp³-hybridized carbons (Fsp3) is 0.250. The largest absolute Gasteiger partial charge is 0.496 e. The van der Waals surface area contributed by atoms with Crippen LogP contribution in [0.4, 0.5) is 0 Å². The highest BCUT2D eigenvalue weighted by Gasteiger charge is 2.16. The number of halogens is 2. The molecule has 0 saturated heterocycles. The van der Waals surface area contributed by atoms with Crippen LogP contribution in [0, 0.1) is 13.8 Å². The highest BCUT2D eigenvalue weighted by molar-refractivity contribution is 9.10. The summed E-state index contributed by atoms with van der Waals surface area (Å²) in [6.45, 7) is 4.19. The van der Waals surface area contributed by atoms with Crippen molar-refractivity contribution in [2.45, 2.75) is 18.7 Å². The van der Waals surface area contributed by atoms with Gasteiger partial charge in [-0.1, -0.05) is 55.6 Å². The van der Waals surface area contributed by atoms with Gasteiger partial charge in [-0.15, -0.1) is 0 Å². The molecular weight excluding hydrogens is 368 g/mol. The molecule has 0 aliphatic heterocycles. The Labute approximate surface area is 131 Å². The van der Waals surface area contributed by atoms with E-state index in [0.717, 1.165) is 15.8 Å². The highest BCUT2D eigenvalue weighted by Crippen LogP contribution is 2.38. The number of benzene rings is 2. The van der Waals surface area contributed by atoms with E-state index in [1.807, 2.05) is 6.07 Å². The topological polar surface area (TPSA) is 9.23 Å². The summed E-state index contributed by atoms with van der Waals surface area (Å²) in [5.41, 5.74) is 4.84. The second-order valence-electron chi connectivity index (χ2n) is 4.67. The van der Waals surface area contributed by atoms with Gasteiger partial charge in [-0.3, -0.25) is 0 Å². The highest BCUT2D eigenvalue weighted by atomic mass is 79.9. The minimum atomic E-state index is 0.124. The van der Waals surface area contributed by atoms with E-state index in [2.05, 4.69) is 76.0 Å². The summed E-state index contributed by atoms with van der Waals surface area (Å²) in [6.07, 6.45) is 0. The maximum Gasteiger partial charge on any atom is 0.123 e. The van der Waals surface area contributed by atoms with E-state index in [4.69, 9.17) is 4.74 Å². The third-order valence-corrected chi connectivity index (χ3v) is 4.50. The van der Waals surface area contributed by atoms with Crippen molar-refractivity contribution in [3.8, 4) is 5.75 Å². The summed E-state index contributed by atoms with van der Waals surface area (Å²) < 4.78 is 6.56. The minimum absolute atomic E-state index is 0.124. The lowest BCUT2D eigenvalue weighted by Crippen LogP contribution is -1.98. The van der Waals surface area contributed by atoms with E-state index in [1.165, 1.54) is 16.7 Å². The van der Waals surface area contributed by atoms with Crippen LogP contribution in [0.3, 0.4) is 0 Å². The molecule has 0 spiro atoms. The fourth-order valence-corrected chi connectivity index (χ4v) is 3.39. The molecule has 0 fully saturated rings. The van der Waals surface area contributed by atoms with Crippen LogP contribution in [0.5, 0.6) is 5.75 Å². The van der Waals surface area contributed by atoms with Crippen LogP contribution >= 0.6 is 31.9 Å². The quantitative estimate of drug-likeness (QED) is 0.630. The molecule has 0 saturated carbocycles. The first kappa shape index (κ1) is 14.6. The first-order chi connectivity index (χ1) is 9.01. The third kappa shape index (κ3) is 3.40. The SMILES string of the molecule is COc1ccc(C)cc1C(Br)c1cc(C)cc(Br)c1. The van der Waals surface area contributed by atoms with Gasteiger partial charge in [0.1, 0.15) is 5.75 Å². The number of alkyl halides is 1. The third-order valence-electron chi connectivity index (χ3n) is 3.02. The number of rotatable bonds is 3. The molecule has 1 atom stereocenters. The monoisotopic (exact) mass is 382 g/mol. The molecule has 0 amide bonds. The maximum atomic E-state index is 5.46. The summed E-state index contributed by atoms with van der Waals surface area (Å²) >= 11 is 7.34. The Kier molecular flexibility index (Phi) is 4.69. The van der Waals surface area contributed by atoms with Gasteiger partial charge in [-0.25, -0.2) is 0 Å². The molecule has 19 heavy (non-hydrogen) atoms. The molecule has 1 nitrogen and oxygen atoms in total. The van der Waals surface area contributed by atoms with Crippen molar-refractivity contribution in [2.75, 3.05) is 7.11 Å². The molecule has 1 unspecified atom stereocenters. The first-order valence-corrected chi connectivity index (χ1v) is 7.78. The zero-order chi connectivity index (χ0) is 14.0. The maximum absolute atomic E-state index is 5.46. The normalized spacial score (nSPS) is 12.3. The lowest BCUT2D eigenvalue weighted by molar-refractivity contribution is 0.410. The average Bonchev–Trinajstić information content (AvgIpc) is 2.36. The van der Waals surface area contributed by atoms with Gasteiger partial charge in [0, 0.05) is 10.0 Å². The van der Waals surface area contributed by atoms with Crippen LogP contribution < -0.4 is 4.74 Å². The second-order valence-corrected chi connectivity index (χ2v) is 6.50. The van der Waals surface area contributed by atoms with E-state index in [0.29, 0.717) is 0 Å².